The largest absolute Gasteiger partial charge is 0.338 e. The van der Waals surface area contributed by atoms with Gasteiger partial charge in [-0.15, -0.1) is 0 Å². The monoisotopic (exact) mass is 284 g/mol. The number of carbonyl (C=O) groups excluding carboxylic acids is 1. The van der Waals surface area contributed by atoms with Crippen LogP contribution in [0.3, 0.4) is 0 Å². The zero-order valence-electron chi connectivity index (χ0n) is 12.5. The fourth-order valence-electron chi connectivity index (χ4n) is 2.84. The second kappa shape index (κ2) is 5.68. The first-order valence-electron chi connectivity index (χ1n) is 7.34. The topological polar surface area (TPSA) is 51.0 Å². The third-order valence-electron chi connectivity index (χ3n) is 4.01. The minimum Gasteiger partial charge on any atom is -0.338 e. The fraction of sp³-hybridized carbons (Fsp3) is 0.438. The molecule has 0 aliphatic carbocycles. The quantitative estimate of drug-likeness (QED) is 0.849. The summed E-state index contributed by atoms with van der Waals surface area (Å²) in [6, 6.07) is 4.17. The third kappa shape index (κ3) is 2.96. The van der Waals surface area contributed by atoms with Crippen LogP contribution >= 0.6 is 0 Å². The van der Waals surface area contributed by atoms with Gasteiger partial charge in [0, 0.05) is 44.1 Å². The van der Waals surface area contributed by atoms with Crippen molar-refractivity contribution in [2.24, 2.45) is 7.05 Å². The zero-order chi connectivity index (χ0) is 14.8. The molecule has 0 N–H and O–H groups in total. The standard InChI is InChI=1S/C16H20N4O/c1-12-5-6-15(17-8-12)13-4-3-7-20(11-13)16(21)14-9-18-19(2)10-14/h5-6,8-10,13H,3-4,7,11H2,1-2H3/t13-/m0/s1. The Morgan fingerprint density at radius 3 is 2.86 bits per heavy atom. The lowest BCUT2D eigenvalue weighted by atomic mass is 9.93. The van der Waals surface area contributed by atoms with Crippen LogP contribution < -0.4 is 0 Å². The molecule has 1 amide bonds. The smallest absolute Gasteiger partial charge is 0.257 e. The SMILES string of the molecule is Cc1ccc([C@H]2CCCN(C(=O)c3cnn(C)c3)C2)nc1. The molecule has 0 radical (unpaired) electrons. The van der Waals surface area contributed by atoms with Crippen molar-refractivity contribution in [2.75, 3.05) is 13.1 Å². The minimum atomic E-state index is 0.0694. The molecular weight excluding hydrogens is 264 g/mol. The average Bonchev–Trinajstić information content (AvgIpc) is 2.94. The number of pyridine rings is 1. The van der Waals surface area contributed by atoms with Crippen molar-refractivity contribution < 1.29 is 4.79 Å². The molecule has 1 saturated heterocycles. The molecular formula is C16H20N4O. The lowest BCUT2D eigenvalue weighted by Gasteiger charge is -2.32. The maximum atomic E-state index is 12.5. The summed E-state index contributed by atoms with van der Waals surface area (Å²) in [4.78, 5) is 18.9. The van der Waals surface area contributed by atoms with Crippen LogP contribution in [0.15, 0.2) is 30.7 Å². The second-order valence-electron chi connectivity index (χ2n) is 5.75. The van der Waals surface area contributed by atoms with E-state index in [0.29, 0.717) is 11.5 Å². The highest BCUT2D eigenvalue weighted by molar-refractivity contribution is 5.93. The van der Waals surface area contributed by atoms with E-state index in [1.54, 1.807) is 17.1 Å². The van der Waals surface area contributed by atoms with Crippen molar-refractivity contribution >= 4 is 5.91 Å². The molecule has 5 nitrogen and oxygen atoms in total. The van der Waals surface area contributed by atoms with E-state index in [-0.39, 0.29) is 5.91 Å². The van der Waals surface area contributed by atoms with Crippen LogP contribution in [0.25, 0.3) is 0 Å². The predicted octanol–water partition coefficient (Wildman–Crippen LogP) is 2.14. The Bertz CT molecular complexity index is 632. The van der Waals surface area contributed by atoms with Crippen LogP contribution in [0, 0.1) is 6.92 Å². The Labute approximate surface area is 124 Å². The maximum Gasteiger partial charge on any atom is 0.257 e. The average molecular weight is 284 g/mol. The molecule has 1 fully saturated rings. The second-order valence-corrected chi connectivity index (χ2v) is 5.75. The molecule has 0 aromatic carbocycles. The molecule has 2 aromatic rings. The third-order valence-corrected chi connectivity index (χ3v) is 4.01. The summed E-state index contributed by atoms with van der Waals surface area (Å²) in [6.07, 6.45) is 7.42. The number of carbonyl (C=O) groups is 1. The molecule has 1 aliphatic heterocycles. The van der Waals surface area contributed by atoms with Gasteiger partial charge in [-0.25, -0.2) is 0 Å². The Kier molecular flexibility index (Phi) is 3.73. The molecule has 110 valence electrons. The number of amides is 1. The number of aryl methyl sites for hydroxylation is 2. The van der Waals surface area contributed by atoms with Gasteiger partial charge in [-0.3, -0.25) is 14.5 Å². The van der Waals surface area contributed by atoms with Crippen molar-refractivity contribution in [3.8, 4) is 0 Å². The van der Waals surface area contributed by atoms with Crippen molar-refractivity contribution in [1.82, 2.24) is 19.7 Å². The number of nitrogens with zero attached hydrogens (tertiary/aromatic N) is 4. The van der Waals surface area contributed by atoms with Crippen molar-refractivity contribution in [3.63, 3.8) is 0 Å². The number of hydrogen-bond donors (Lipinski definition) is 0. The number of aromatic nitrogens is 3. The van der Waals surface area contributed by atoms with Gasteiger partial charge in [-0.2, -0.15) is 5.10 Å². The predicted molar refractivity (Wildman–Crippen MR) is 80.1 cm³/mol. The molecule has 5 heteroatoms. The van der Waals surface area contributed by atoms with Crippen molar-refractivity contribution in [3.05, 3.63) is 47.5 Å². The first-order chi connectivity index (χ1) is 10.1. The van der Waals surface area contributed by atoms with E-state index in [1.165, 1.54) is 0 Å². The van der Waals surface area contributed by atoms with E-state index in [0.717, 1.165) is 37.2 Å². The first-order valence-corrected chi connectivity index (χ1v) is 7.34. The molecule has 0 saturated carbocycles. The molecule has 0 bridgehead atoms. The van der Waals surface area contributed by atoms with Gasteiger partial charge in [0.15, 0.2) is 0 Å². The van der Waals surface area contributed by atoms with Crippen molar-refractivity contribution in [1.29, 1.82) is 0 Å². The summed E-state index contributed by atoms with van der Waals surface area (Å²) in [7, 11) is 1.83. The van der Waals surface area contributed by atoms with E-state index in [2.05, 4.69) is 22.2 Å². The molecule has 0 spiro atoms. The van der Waals surface area contributed by atoms with Crippen LogP contribution in [0.4, 0.5) is 0 Å². The summed E-state index contributed by atoms with van der Waals surface area (Å²) in [5.41, 5.74) is 2.91. The van der Waals surface area contributed by atoms with Gasteiger partial charge in [0.1, 0.15) is 0 Å². The molecule has 21 heavy (non-hydrogen) atoms. The maximum absolute atomic E-state index is 12.5. The van der Waals surface area contributed by atoms with Gasteiger partial charge in [-0.05, 0) is 31.4 Å². The summed E-state index contributed by atoms with van der Waals surface area (Å²) in [5.74, 6) is 0.403. The molecule has 3 rings (SSSR count). The van der Waals surface area contributed by atoms with E-state index in [1.807, 2.05) is 25.1 Å². The lowest BCUT2D eigenvalue weighted by molar-refractivity contribution is 0.0706. The fourth-order valence-corrected chi connectivity index (χ4v) is 2.84. The van der Waals surface area contributed by atoms with Gasteiger partial charge in [0.2, 0.25) is 0 Å². The Hall–Kier alpha value is -2.17. The van der Waals surface area contributed by atoms with E-state index in [4.69, 9.17) is 0 Å². The minimum absolute atomic E-state index is 0.0694. The van der Waals surface area contributed by atoms with Gasteiger partial charge in [0.25, 0.3) is 5.91 Å². The van der Waals surface area contributed by atoms with E-state index >= 15 is 0 Å². The lowest BCUT2D eigenvalue weighted by Crippen LogP contribution is -2.39. The Morgan fingerprint density at radius 2 is 2.19 bits per heavy atom. The van der Waals surface area contributed by atoms with E-state index in [9.17, 15) is 4.79 Å². The molecule has 1 atom stereocenters. The van der Waals surface area contributed by atoms with Crippen LogP contribution in [0.2, 0.25) is 0 Å². The summed E-state index contributed by atoms with van der Waals surface area (Å²) in [5, 5.41) is 4.08. The highest BCUT2D eigenvalue weighted by Gasteiger charge is 2.26. The highest BCUT2D eigenvalue weighted by Crippen LogP contribution is 2.26. The highest BCUT2D eigenvalue weighted by atomic mass is 16.2. The normalized spacial score (nSPS) is 18.8. The van der Waals surface area contributed by atoms with Crippen LogP contribution in [0.5, 0.6) is 0 Å². The summed E-state index contributed by atoms with van der Waals surface area (Å²) >= 11 is 0. The number of rotatable bonds is 2. The molecule has 2 aromatic heterocycles. The van der Waals surface area contributed by atoms with Crippen LogP contribution in [0.1, 0.15) is 40.4 Å². The molecule has 0 unspecified atom stereocenters. The summed E-state index contributed by atoms with van der Waals surface area (Å²) < 4.78 is 1.66. The van der Waals surface area contributed by atoms with Gasteiger partial charge < -0.3 is 4.90 Å². The van der Waals surface area contributed by atoms with Gasteiger partial charge >= 0.3 is 0 Å². The number of hydrogen-bond acceptors (Lipinski definition) is 3. The zero-order valence-corrected chi connectivity index (χ0v) is 12.5. The number of piperidine rings is 1. The van der Waals surface area contributed by atoms with Gasteiger partial charge in [0.05, 0.1) is 11.8 Å². The molecule has 1 aliphatic rings. The number of likely N-dealkylation sites (tertiary alicyclic amines) is 1. The Balaban J connectivity index is 1.73. The first kappa shape index (κ1) is 13.8. The van der Waals surface area contributed by atoms with Gasteiger partial charge in [-0.1, -0.05) is 6.07 Å². The van der Waals surface area contributed by atoms with Crippen LogP contribution in [-0.2, 0) is 7.05 Å². The van der Waals surface area contributed by atoms with E-state index < -0.39 is 0 Å². The van der Waals surface area contributed by atoms with Crippen molar-refractivity contribution in [2.45, 2.75) is 25.7 Å². The van der Waals surface area contributed by atoms with Crippen LogP contribution in [-0.4, -0.2) is 38.7 Å². The molecule has 3 heterocycles. The Morgan fingerprint density at radius 1 is 1.33 bits per heavy atom. The summed E-state index contributed by atoms with van der Waals surface area (Å²) in [6.45, 7) is 3.59.